The molecule has 1 fully saturated rings. The van der Waals surface area contributed by atoms with Crippen molar-refractivity contribution in [3.05, 3.63) is 0 Å². The quantitative estimate of drug-likeness (QED) is 0.699. The Morgan fingerprint density at radius 2 is 2.14 bits per heavy atom. The highest BCUT2D eigenvalue weighted by molar-refractivity contribution is 5.79. The summed E-state index contributed by atoms with van der Waals surface area (Å²) in [5, 5.41) is 3.11. The van der Waals surface area contributed by atoms with Crippen molar-refractivity contribution in [1.29, 1.82) is 0 Å². The van der Waals surface area contributed by atoms with Crippen LogP contribution in [0.25, 0.3) is 0 Å². The third kappa shape index (κ3) is 2.98. The highest BCUT2D eigenvalue weighted by atomic mass is 16.2. The second kappa shape index (κ2) is 4.30. The van der Waals surface area contributed by atoms with Gasteiger partial charge in [0.05, 0.1) is 0 Å². The molecule has 3 N–H and O–H groups in total. The first-order chi connectivity index (χ1) is 6.47. The van der Waals surface area contributed by atoms with Crippen LogP contribution in [0.4, 0.5) is 0 Å². The van der Waals surface area contributed by atoms with Crippen LogP contribution in [0.1, 0.15) is 40.0 Å². The molecule has 0 heterocycles. The van der Waals surface area contributed by atoms with Crippen molar-refractivity contribution < 1.29 is 4.79 Å². The number of nitrogens with two attached hydrogens (primary N) is 1. The first kappa shape index (κ1) is 11.5. The lowest BCUT2D eigenvalue weighted by atomic mass is 9.97. The van der Waals surface area contributed by atoms with Crippen LogP contribution in [-0.2, 0) is 4.79 Å². The van der Waals surface area contributed by atoms with E-state index < -0.39 is 0 Å². The molecule has 0 spiro atoms. The molecule has 82 valence electrons. The van der Waals surface area contributed by atoms with Crippen LogP contribution >= 0.6 is 0 Å². The second-order valence-corrected chi connectivity index (χ2v) is 4.96. The predicted molar refractivity (Wildman–Crippen MR) is 57.8 cm³/mol. The maximum Gasteiger partial charge on any atom is 0.223 e. The molecule has 0 radical (unpaired) electrons. The summed E-state index contributed by atoms with van der Waals surface area (Å²) in [6.45, 7) is 6.74. The van der Waals surface area contributed by atoms with E-state index in [2.05, 4.69) is 19.2 Å². The first-order valence-electron chi connectivity index (χ1n) is 5.49. The average Bonchev–Trinajstić information content (AvgIpc) is 2.85. The van der Waals surface area contributed by atoms with Crippen LogP contribution in [0.15, 0.2) is 0 Å². The number of carbonyl (C=O) groups is 1. The molecule has 3 nitrogen and oxygen atoms in total. The minimum atomic E-state index is -0.0278. The molecule has 1 rings (SSSR count). The van der Waals surface area contributed by atoms with E-state index in [-0.39, 0.29) is 17.4 Å². The number of hydrogen-bond donors (Lipinski definition) is 2. The molecular weight excluding hydrogens is 176 g/mol. The van der Waals surface area contributed by atoms with Crippen LogP contribution in [0.3, 0.4) is 0 Å². The lowest BCUT2D eigenvalue weighted by Gasteiger charge is -2.27. The van der Waals surface area contributed by atoms with Gasteiger partial charge in [0.15, 0.2) is 0 Å². The van der Waals surface area contributed by atoms with Crippen LogP contribution in [0, 0.1) is 11.8 Å². The molecule has 0 aromatic carbocycles. The van der Waals surface area contributed by atoms with Crippen molar-refractivity contribution in [2.75, 3.05) is 6.54 Å². The fraction of sp³-hybridized carbons (Fsp3) is 0.909. The Hall–Kier alpha value is -0.570. The zero-order valence-electron chi connectivity index (χ0n) is 9.47. The van der Waals surface area contributed by atoms with Crippen LogP contribution in [0.2, 0.25) is 0 Å². The summed E-state index contributed by atoms with van der Waals surface area (Å²) in [6.07, 6.45) is 3.27. The lowest BCUT2D eigenvalue weighted by Crippen LogP contribution is -2.47. The van der Waals surface area contributed by atoms with E-state index in [0.717, 1.165) is 6.42 Å². The molecule has 3 heteroatoms. The standard InChI is InChI=1S/C11H22N2O/c1-8(6-7-12)10(14)13-11(2,3)9-4-5-9/h8-9H,4-7,12H2,1-3H3,(H,13,14). The minimum Gasteiger partial charge on any atom is -0.351 e. The van der Waals surface area contributed by atoms with E-state index in [1.165, 1.54) is 12.8 Å². The van der Waals surface area contributed by atoms with E-state index in [0.29, 0.717) is 12.5 Å². The zero-order valence-corrected chi connectivity index (χ0v) is 9.47. The summed E-state index contributed by atoms with van der Waals surface area (Å²) < 4.78 is 0. The Labute approximate surface area is 86.4 Å². The highest BCUT2D eigenvalue weighted by Gasteiger charge is 2.39. The molecule has 0 aromatic heterocycles. The normalized spacial score (nSPS) is 19.1. The number of carbonyl (C=O) groups excluding carboxylic acids is 1. The first-order valence-corrected chi connectivity index (χ1v) is 5.49. The molecule has 0 aliphatic heterocycles. The zero-order chi connectivity index (χ0) is 10.8. The third-order valence-electron chi connectivity index (χ3n) is 3.09. The number of hydrogen-bond acceptors (Lipinski definition) is 2. The summed E-state index contributed by atoms with van der Waals surface area (Å²) in [4.78, 5) is 11.7. The van der Waals surface area contributed by atoms with Crippen molar-refractivity contribution in [2.45, 2.75) is 45.6 Å². The molecule has 1 aliphatic carbocycles. The SMILES string of the molecule is CC(CCN)C(=O)NC(C)(C)C1CC1. The van der Waals surface area contributed by atoms with E-state index in [1.807, 2.05) is 6.92 Å². The van der Waals surface area contributed by atoms with Crippen molar-refractivity contribution in [3.8, 4) is 0 Å². The molecule has 1 unspecified atom stereocenters. The lowest BCUT2D eigenvalue weighted by molar-refractivity contribution is -0.126. The smallest absolute Gasteiger partial charge is 0.223 e. The maximum absolute atomic E-state index is 11.7. The Balaban J connectivity index is 2.38. The third-order valence-corrected chi connectivity index (χ3v) is 3.09. The van der Waals surface area contributed by atoms with Gasteiger partial charge in [0, 0.05) is 11.5 Å². The van der Waals surface area contributed by atoms with Crippen molar-refractivity contribution in [1.82, 2.24) is 5.32 Å². The van der Waals surface area contributed by atoms with Crippen molar-refractivity contribution in [3.63, 3.8) is 0 Å². The van der Waals surface area contributed by atoms with Gasteiger partial charge in [0.2, 0.25) is 5.91 Å². The monoisotopic (exact) mass is 198 g/mol. The van der Waals surface area contributed by atoms with Gasteiger partial charge >= 0.3 is 0 Å². The van der Waals surface area contributed by atoms with Crippen LogP contribution in [0.5, 0.6) is 0 Å². The molecule has 1 saturated carbocycles. The number of amides is 1. The summed E-state index contributed by atoms with van der Waals surface area (Å²) in [6, 6.07) is 0. The summed E-state index contributed by atoms with van der Waals surface area (Å²) in [5.74, 6) is 0.863. The van der Waals surface area contributed by atoms with E-state index in [9.17, 15) is 4.79 Å². The fourth-order valence-corrected chi connectivity index (χ4v) is 1.73. The Bertz CT molecular complexity index is 209. The minimum absolute atomic E-state index is 0.0278. The van der Waals surface area contributed by atoms with Gasteiger partial charge in [-0.15, -0.1) is 0 Å². The fourth-order valence-electron chi connectivity index (χ4n) is 1.73. The van der Waals surface area contributed by atoms with Gasteiger partial charge in [0.25, 0.3) is 0 Å². The molecular formula is C11H22N2O. The summed E-state index contributed by atoms with van der Waals surface area (Å²) >= 11 is 0. The molecule has 1 aliphatic rings. The average molecular weight is 198 g/mol. The van der Waals surface area contributed by atoms with Crippen LogP contribution in [-0.4, -0.2) is 18.0 Å². The Kier molecular flexibility index (Phi) is 3.53. The summed E-state index contributed by atoms with van der Waals surface area (Å²) in [5.41, 5.74) is 5.40. The topological polar surface area (TPSA) is 55.1 Å². The molecule has 0 aromatic rings. The van der Waals surface area contributed by atoms with Crippen molar-refractivity contribution in [2.24, 2.45) is 17.6 Å². The van der Waals surface area contributed by atoms with Gasteiger partial charge in [-0.1, -0.05) is 6.92 Å². The maximum atomic E-state index is 11.7. The predicted octanol–water partition coefficient (Wildman–Crippen LogP) is 1.28. The molecule has 0 saturated heterocycles. The van der Waals surface area contributed by atoms with Gasteiger partial charge in [-0.25, -0.2) is 0 Å². The molecule has 1 atom stereocenters. The van der Waals surface area contributed by atoms with Gasteiger partial charge in [-0.3, -0.25) is 4.79 Å². The van der Waals surface area contributed by atoms with E-state index >= 15 is 0 Å². The Morgan fingerprint density at radius 1 is 1.57 bits per heavy atom. The molecule has 14 heavy (non-hydrogen) atoms. The van der Waals surface area contributed by atoms with Gasteiger partial charge < -0.3 is 11.1 Å². The summed E-state index contributed by atoms with van der Waals surface area (Å²) in [7, 11) is 0. The van der Waals surface area contributed by atoms with Gasteiger partial charge in [0.1, 0.15) is 0 Å². The number of rotatable bonds is 5. The molecule has 1 amide bonds. The van der Waals surface area contributed by atoms with E-state index in [4.69, 9.17) is 5.73 Å². The molecule has 0 bridgehead atoms. The van der Waals surface area contributed by atoms with Gasteiger partial charge in [-0.05, 0) is 45.6 Å². The number of nitrogens with one attached hydrogen (secondary N) is 1. The van der Waals surface area contributed by atoms with E-state index in [1.54, 1.807) is 0 Å². The van der Waals surface area contributed by atoms with Gasteiger partial charge in [-0.2, -0.15) is 0 Å². The highest BCUT2D eigenvalue weighted by Crippen LogP contribution is 2.39. The largest absolute Gasteiger partial charge is 0.351 e. The van der Waals surface area contributed by atoms with Crippen molar-refractivity contribution >= 4 is 5.91 Å². The second-order valence-electron chi connectivity index (χ2n) is 4.96. The van der Waals surface area contributed by atoms with Crippen LogP contribution < -0.4 is 11.1 Å². The Morgan fingerprint density at radius 3 is 2.57 bits per heavy atom.